The lowest BCUT2D eigenvalue weighted by Gasteiger charge is -2.31. The molecule has 0 radical (unpaired) electrons. The molecule has 0 bridgehead atoms. The predicted octanol–water partition coefficient (Wildman–Crippen LogP) is 1.65. The van der Waals surface area contributed by atoms with Gasteiger partial charge in [-0.15, -0.1) is 10.2 Å². The van der Waals surface area contributed by atoms with Crippen LogP contribution in [0, 0.1) is 5.92 Å². The Morgan fingerprint density at radius 1 is 1.03 bits per heavy atom. The molecule has 1 saturated heterocycles. The summed E-state index contributed by atoms with van der Waals surface area (Å²) in [7, 11) is -3.78. The highest BCUT2D eigenvalue weighted by Gasteiger charge is 2.27. The van der Waals surface area contributed by atoms with E-state index in [1.807, 2.05) is 30.3 Å². The number of carbonyl (C=O) groups is 2. The van der Waals surface area contributed by atoms with Crippen molar-refractivity contribution < 1.29 is 18.0 Å². The third kappa shape index (κ3) is 6.49. The van der Waals surface area contributed by atoms with Crippen molar-refractivity contribution in [1.29, 1.82) is 0 Å². The standard InChI is InChI=1S/C23H27N7O4S/c24-35(33,34)20-10-8-19(9-11-20)25-23(32)18-12-15-29(16-13-18)21(31)7-4-14-30-27-22(26-28-30)17-5-2-1-3-6-17/h1-3,5-6,8-11,18H,4,7,12-16H2,(H,25,32)(H2,24,33,34). The number of hydrogen-bond acceptors (Lipinski definition) is 7. The van der Waals surface area contributed by atoms with Gasteiger partial charge < -0.3 is 10.2 Å². The summed E-state index contributed by atoms with van der Waals surface area (Å²) in [5, 5.41) is 20.4. The van der Waals surface area contributed by atoms with E-state index in [1.165, 1.54) is 29.1 Å². The molecule has 1 aliphatic rings. The van der Waals surface area contributed by atoms with Crippen molar-refractivity contribution in [1.82, 2.24) is 25.1 Å². The van der Waals surface area contributed by atoms with E-state index in [2.05, 4.69) is 20.7 Å². The number of tetrazole rings is 1. The maximum Gasteiger partial charge on any atom is 0.238 e. The van der Waals surface area contributed by atoms with E-state index in [0.717, 1.165) is 5.56 Å². The minimum atomic E-state index is -3.78. The first-order chi connectivity index (χ1) is 16.8. The molecule has 12 heteroatoms. The van der Waals surface area contributed by atoms with Crippen molar-refractivity contribution in [2.24, 2.45) is 11.1 Å². The molecular weight excluding hydrogens is 470 g/mol. The van der Waals surface area contributed by atoms with Crippen molar-refractivity contribution in [3.05, 3.63) is 54.6 Å². The van der Waals surface area contributed by atoms with E-state index in [4.69, 9.17) is 5.14 Å². The van der Waals surface area contributed by atoms with E-state index < -0.39 is 10.0 Å². The molecule has 0 spiro atoms. The molecule has 0 aliphatic carbocycles. The Morgan fingerprint density at radius 3 is 2.37 bits per heavy atom. The Bertz CT molecular complexity index is 1270. The third-order valence-electron chi connectivity index (χ3n) is 5.90. The summed E-state index contributed by atoms with van der Waals surface area (Å²) >= 11 is 0. The molecule has 1 fully saturated rings. The molecule has 1 aliphatic heterocycles. The molecule has 35 heavy (non-hydrogen) atoms. The van der Waals surface area contributed by atoms with Crippen LogP contribution in [0.4, 0.5) is 5.69 Å². The molecule has 1 aromatic heterocycles. The fourth-order valence-corrected chi connectivity index (χ4v) is 4.45. The summed E-state index contributed by atoms with van der Waals surface area (Å²) in [6.45, 7) is 1.52. The van der Waals surface area contributed by atoms with Crippen LogP contribution in [0.5, 0.6) is 0 Å². The molecule has 4 rings (SSSR count). The number of primary sulfonamides is 1. The van der Waals surface area contributed by atoms with Crippen LogP contribution in [-0.4, -0.2) is 58.4 Å². The number of aromatic nitrogens is 4. The summed E-state index contributed by atoms with van der Waals surface area (Å²) in [6, 6.07) is 15.3. The maximum atomic E-state index is 12.6. The SMILES string of the molecule is NS(=O)(=O)c1ccc(NC(=O)C2CCN(C(=O)CCCn3nnc(-c4ccccc4)n3)CC2)cc1. The third-order valence-corrected chi connectivity index (χ3v) is 6.83. The second-order valence-electron chi connectivity index (χ2n) is 8.39. The van der Waals surface area contributed by atoms with Gasteiger partial charge in [0, 0.05) is 36.7 Å². The molecule has 2 heterocycles. The number of nitrogens with two attached hydrogens (primary N) is 1. The van der Waals surface area contributed by atoms with E-state index in [-0.39, 0.29) is 22.6 Å². The molecule has 184 valence electrons. The highest BCUT2D eigenvalue weighted by atomic mass is 32.2. The first kappa shape index (κ1) is 24.5. The van der Waals surface area contributed by atoms with Crippen LogP contribution in [0.1, 0.15) is 25.7 Å². The van der Waals surface area contributed by atoms with Gasteiger partial charge in [0.2, 0.25) is 27.7 Å². The average Bonchev–Trinajstić information content (AvgIpc) is 3.33. The maximum absolute atomic E-state index is 12.6. The number of amides is 2. The molecule has 11 nitrogen and oxygen atoms in total. The number of carbonyl (C=O) groups excluding carboxylic acids is 2. The minimum absolute atomic E-state index is 0.0152. The zero-order valence-corrected chi connectivity index (χ0v) is 19.9. The van der Waals surface area contributed by atoms with Crippen LogP contribution >= 0.6 is 0 Å². The summed E-state index contributed by atoms with van der Waals surface area (Å²) in [4.78, 5) is 28.4. The normalized spacial score (nSPS) is 14.6. The van der Waals surface area contributed by atoms with Gasteiger partial charge in [0.25, 0.3) is 0 Å². The molecule has 0 unspecified atom stereocenters. The highest BCUT2D eigenvalue weighted by molar-refractivity contribution is 7.89. The monoisotopic (exact) mass is 497 g/mol. The first-order valence-electron chi connectivity index (χ1n) is 11.3. The summed E-state index contributed by atoms with van der Waals surface area (Å²) in [6.07, 6.45) is 2.10. The smallest absolute Gasteiger partial charge is 0.238 e. The summed E-state index contributed by atoms with van der Waals surface area (Å²) in [5.41, 5.74) is 1.39. The van der Waals surface area contributed by atoms with Gasteiger partial charge in [-0.05, 0) is 48.7 Å². The van der Waals surface area contributed by atoms with Crippen molar-refractivity contribution in [3.63, 3.8) is 0 Å². The van der Waals surface area contributed by atoms with Crippen molar-refractivity contribution in [3.8, 4) is 11.4 Å². The topological polar surface area (TPSA) is 153 Å². The number of piperidine rings is 1. The Morgan fingerprint density at radius 2 is 1.71 bits per heavy atom. The van der Waals surface area contributed by atoms with E-state index in [9.17, 15) is 18.0 Å². The lowest BCUT2D eigenvalue weighted by Crippen LogP contribution is -2.41. The van der Waals surface area contributed by atoms with Gasteiger partial charge in [0.1, 0.15) is 0 Å². The average molecular weight is 498 g/mol. The number of anilines is 1. The lowest BCUT2D eigenvalue weighted by molar-refractivity contribution is -0.134. The number of aryl methyl sites for hydroxylation is 1. The van der Waals surface area contributed by atoms with E-state index in [1.54, 1.807) is 4.90 Å². The van der Waals surface area contributed by atoms with Crippen LogP contribution in [0.25, 0.3) is 11.4 Å². The lowest BCUT2D eigenvalue weighted by atomic mass is 9.95. The van der Waals surface area contributed by atoms with Gasteiger partial charge >= 0.3 is 0 Å². The number of nitrogens with zero attached hydrogens (tertiary/aromatic N) is 5. The molecule has 2 amide bonds. The quantitative estimate of drug-likeness (QED) is 0.480. The molecule has 2 aromatic carbocycles. The van der Waals surface area contributed by atoms with Crippen LogP contribution in [-0.2, 0) is 26.2 Å². The Hall–Kier alpha value is -3.64. The Labute approximate surface area is 203 Å². The molecule has 3 aromatic rings. The second kappa shape index (κ2) is 10.7. The van der Waals surface area contributed by atoms with Crippen LogP contribution in [0.3, 0.4) is 0 Å². The summed E-state index contributed by atoms with van der Waals surface area (Å²) in [5.74, 6) is 0.239. The number of benzene rings is 2. The molecule has 0 atom stereocenters. The van der Waals surface area contributed by atoms with Gasteiger partial charge in [0.15, 0.2) is 0 Å². The number of hydrogen-bond donors (Lipinski definition) is 2. The molecule has 3 N–H and O–H groups in total. The van der Waals surface area contributed by atoms with Gasteiger partial charge in [-0.3, -0.25) is 9.59 Å². The largest absolute Gasteiger partial charge is 0.343 e. The zero-order chi connectivity index (χ0) is 24.8. The fourth-order valence-electron chi connectivity index (χ4n) is 3.93. The van der Waals surface area contributed by atoms with Crippen molar-refractivity contribution >= 4 is 27.5 Å². The molecular formula is C23H27N7O4S. The van der Waals surface area contributed by atoms with Gasteiger partial charge in [-0.25, -0.2) is 13.6 Å². The van der Waals surface area contributed by atoms with Crippen LogP contribution in [0.2, 0.25) is 0 Å². The Balaban J connectivity index is 1.19. The van der Waals surface area contributed by atoms with Gasteiger partial charge in [-0.2, -0.15) is 4.80 Å². The number of sulfonamides is 1. The first-order valence-corrected chi connectivity index (χ1v) is 12.9. The van der Waals surface area contributed by atoms with Crippen molar-refractivity contribution in [2.45, 2.75) is 37.1 Å². The van der Waals surface area contributed by atoms with Gasteiger partial charge in [-0.1, -0.05) is 30.3 Å². The fraction of sp³-hybridized carbons (Fsp3) is 0.348. The predicted molar refractivity (Wildman–Crippen MR) is 128 cm³/mol. The number of rotatable bonds is 8. The van der Waals surface area contributed by atoms with E-state index in [0.29, 0.717) is 56.8 Å². The zero-order valence-electron chi connectivity index (χ0n) is 19.1. The summed E-state index contributed by atoms with van der Waals surface area (Å²) < 4.78 is 22.7. The Kier molecular flexibility index (Phi) is 7.51. The number of likely N-dealkylation sites (tertiary alicyclic amines) is 1. The molecule has 0 saturated carbocycles. The van der Waals surface area contributed by atoms with Crippen molar-refractivity contribution in [2.75, 3.05) is 18.4 Å². The highest BCUT2D eigenvalue weighted by Crippen LogP contribution is 2.21. The van der Waals surface area contributed by atoms with Gasteiger partial charge in [0.05, 0.1) is 11.4 Å². The minimum Gasteiger partial charge on any atom is -0.343 e. The van der Waals surface area contributed by atoms with E-state index >= 15 is 0 Å². The van der Waals surface area contributed by atoms with Crippen LogP contribution < -0.4 is 10.5 Å². The second-order valence-corrected chi connectivity index (χ2v) is 9.95. The van der Waals surface area contributed by atoms with Crippen LogP contribution in [0.15, 0.2) is 59.5 Å². The number of nitrogens with one attached hydrogen (secondary N) is 1.